The maximum atomic E-state index is 6.14. The maximum absolute atomic E-state index is 6.14. The van der Waals surface area contributed by atoms with Crippen molar-refractivity contribution in [2.45, 2.75) is 6.54 Å². The minimum atomic E-state index is 0.341. The molecule has 0 aliphatic carbocycles. The summed E-state index contributed by atoms with van der Waals surface area (Å²) in [7, 11) is 0. The highest BCUT2D eigenvalue weighted by Crippen LogP contribution is 2.24. The quantitative estimate of drug-likeness (QED) is 0.713. The molecule has 0 unspecified atom stereocenters. The second-order valence-electron chi connectivity index (χ2n) is 4.45. The highest BCUT2D eigenvalue weighted by atomic mass is 35.5. The van der Waals surface area contributed by atoms with Crippen molar-refractivity contribution in [3.8, 4) is 0 Å². The van der Waals surface area contributed by atoms with E-state index >= 15 is 0 Å². The summed E-state index contributed by atoms with van der Waals surface area (Å²) < 4.78 is 0. The SMILES string of the molecule is Clc1ccc(CNc2nc3ccccc3nc2Cl)cc1Cl. The molecule has 0 spiro atoms. The molecule has 3 rings (SSSR count). The largest absolute Gasteiger partial charge is 0.363 e. The molecule has 3 aromatic rings. The molecule has 1 N–H and O–H groups in total. The fraction of sp³-hybridized carbons (Fsp3) is 0.0667. The van der Waals surface area contributed by atoms with Gasteiger partial charge in [-0.15, -0.1) is 0 Å². The lowest BCUT2D eigenvalue weighted by Crippen LogP contribution is -2.03. The van der Waals surface area contributed by atoms with Crippen molar-refractivity contribution in [3.05, 3.63) is 63.2 Å². The Morgan fingerprint density at radius 3 is 2.29 bits per heavy atom. The summed E-state index contributed by atoms with van der Waals surface area (Å²) in [4.78, 5) is 8.78. The second kappa shape index (κ2) is 6.06. The lowest BCUT2D eigenvalue weighted by atomic mass is 10.2. The van der Waals surface area contributed by atoms with E-state index in [0.717, 1.165) is 16.6 Å². The number of nitrogens with zero attached hydrogens (tertiary/aromatic N) is 2. The van der Waals surface area contributed by atoms with E-state index in [-0.39, 0.29) is 0 Å². The molecule has 0 atom stereocenters. The number of anilines is 1. The van der Waals surface area contributed by atoms with Crippen LogP contribution in [0, 0.1) is 0 Å². The molecule has 1 aromatic heterocycles. The number of fused-ring (bicyclic) bond motifs is 1. The Balaban J connectivity index is 1.84. The van der Waals surface area contributed by atoms with Gasteiger partial charge in [0.25, 0.3) is 0 Å². The number of hydrogen-bond donors (Lipinski definition) is 1. The molecular weight excluding hydrogens is 329 g/mol. The van der Waals surface area contributed by atoms with E-state index in [2.05, 4.69) is 15.3 Å². The van der Waals surface area contributed by atoms with Crippen LogP contribution in [0.4, 0.5) is 5.82 Å². The van der Waals surface area contributed by atoms with Crippen LogP contribution in [0.5, 0.6) is 0 Å². The number of halogens is 3. The number of nitrogens with one attached hydrogen (secondary N) is 1. The van der Waals surface area contributed by atoms with Gasteiger partial charge in [-0.05, 0) is 29.8 Å². The summed E-state index contributed by atoms with van der Waals surface area (Å²) in [6, 6.07) is 13.0. The minimum Gasteiger partial charge on any atom is -0.363 e. The van der Waals surface area contributed by atoms with Crippen LogP contribution in [-0.2, 0) is 6.54 Å². The molecule has 0 aliphatic heterocycles. The lowest BCUT2D eigenvalue weighted by Gasteiger charge is -2.09. The summed E-state index contributed by atoms with van der Waals surface area (Å²) in [5.74, 6) is 0.543. The van der Waals surface area contributed by atoms with E-state index in [4.69, 9.17) is 34.8 Å². The molecule has 2 aromatic carbocycles. The molecule has 0 saturated heterocycles. The smallest absolute Gasteiger partial charge is 0.172 e. The fourth-order valence-electron chi connectivity index (χ4n) is 1.93. The average Bonchev–Trinajstić information content (AvgIpc) is 2.48. The van der Waals surface area contributed by atoms with E-state index in [1.165, 1.54) is 0 Å². The lowest BCUT2D eigenvalue weighted by molar-refractivity contribution is 1.11. The van der Waals surface area contributed by atoms with Gasteiger partial charge in [0.05, 0.1) is 21.1 Å². The van der Waals surface area contributed by atoms with Crippen LogP contribution >= 0.6 is 34.8 Å². The van der Waals surface area contributed by atoms with E-state index in [9.17, 15) is 0 Å². The van der Waals surface area contributed by atoms with Gasteiger partial charge in [0.1, 0.15) is 0 Å². The summed E-state index contributed by atoms with van der Waals surface area (Å²) in [6.45, 7) is 0.531. The zero-order chi connectivity index (χ0) is 14.8. The molecule has 6 heteroatoms. The van der Waals surface area contributed by atoms with E-state index in [1.807, 2.05) is 30.3 Å². The van der Waals surface area contributed by atoms with E-state index in [0.29, 0.717) is 27.6 Å². The Hall–Kier alpha value is -1.55. The van der Waals surface area contributed by atoms with Gasteiger partial charge >= 0.3 is 0 Å². The molecule has 0 amide bonds. The summed E-state index contributed by atoms with van der Waals surface area (Å²) in [5.41, 5.74) is 2.54. The highest BCUT2D eigenvalue weighted by molar-refractivity contribution is 6.42. The van der Waals surface area contributed by atoms with Gasteiger partial charge in [-0.2, -0.15) is 0 Å². The van der Waals surface area contributed by atoms with Crippen molar-refractivity contribution >= 4 is 51.7 Å². The van der Waals surface area contributed by atoms with Crippen LogP contribution in [0.15, 0.2) is 42.5 Å². The number of rotatable bonds is 3. The Morgan fingerprint density at radius 2 is 1.57 bits per heavy atom. The van der Waals surface area contributed by atoms with Crippen LogP contribution in [0.2, 0.25) is 15.2 Å². The van der Waals surface area contributed by atoms with Crippen molar-refractivity contribution in [3.63, 3.8) is 0 Å². The molecular formula is C15H10Cl3N3. The highest BCUT2D eigenvalue weighted by Gasteiger charge is 2.07. The molecule has 1 heterocycles. The molecule has 0 bridgehead atoms. The summed E-state index contributed by atoms with van der Waals surface area (Å²) in [5, 5.41) is 4.55. The first-order valence-corrected chi connectivity index (χ1v) is 7.37. The van der Waals surface area contributed by atoms with Gasteiger partial charge in [-0.25, -0.2) is 9.97 Å². The third-order valence-electron chi connectivity index (χ3n) is 2.97. The first-order chi connectivity index (χ1) is 10.1. The number of aromatic nitrogens is 2. The van der Waals surface area contributed by atoms with Crippen LogP contribution in [-0.4, -0.2) is 9.97 Å². The van der Waals surface area contributed by atoms with E-state index < -0.39 is 0 Å². The van der Waals surface area contributed by atoms with Crippen LogP contribution in [0.25, 0.3) is 11.0 Å². The van der Waals surface area contributed by atoms with Crippen LogP contribution < -0.4 is 5.32 Å². The first kappa shape index (κ1) is 14.4. The Kier molecular flexibility index (Phi) is 4.15. The number of benzene rings is 2. The van der Waals surface area contributed by atoms with Crippen molar-refractivity contribution in [2.75, 3.05) is 5.32 Å². The summed E-state index contributed by atoms with van der Waals surface area (Å²) >= 11 is 18.0. The van der Waals surface area contributed by atoms with E-state index in [1.54, 1.807) is 12.1 Å². The number of para-hydroxylation sites is 2. The Bertz CT molecular complexity index is 805. The molecule has 3 nitrogen and oxygen atoms in total. The molecule has 106 valence electrons. The van der Waals surface area contributed by atoms with Crippen molar-refractivity contribution < 1.29 is 0 Å². The molecule has 0 radical (unpaired) electrons. The predicted molar refractivity (Wildman–Crippen MR) is 88.3 cm³/mol. The third kappa shape index (κ3) is 3.21. The zero-order valence-electron chi connectivity index (χ0n) is 10.8. The molecule has 21 heavy (non-hydrogen) atoms. The second-order valence-corrected chi connectivity index (χ2v) is 5.63. The fourth-order valence-corrected chi connectivity index (χ4v) is 2.45. The summed E-state index contributed by atoms with van der Waals surface area (Å²) in [6.07, 6.45) is 0. The standard InChI is InChI=1S/C15H10Cl3N3/c16-10-6-5-9(7-11(10)17)8-19-15-14(18)20-12-3-1-2-4-13(12)21-15/h1-7H,8H2,(H,19,21). The Labute approximate surface area is 136 Å². The number of hydrogen-bond acceptors (Lipinski definition) is 3. The minimum absolute atomic E-state index is 0.341. The maximum Gasteiger partial charge on any atom is 0.172 e. The van der Waals surface area contributed by atoms with Gasteiger partial charge in [0.15, 0.2) is 11.0 Å². The Morgan fingerprint density at radius 1 is 0.857 bits per heavy atom. The topological polar surface area (TPSA) is 37.8 Å². The average molecular weight is 339 g/mol. The van der Waals surface area contributed by atoms with Crippen LogP contribution in [0.1, 0.15) is 5.56 Å². The third-order valence-corrected chi connectivity index (χ3v) is 3.97. The van der Waals surface area contributed by atoms with Crippen molar-refractivity contribution in [2.24, 2.45) is 0 Å². The van der Waals surface area contributed by atoms with Crippen molar-refractivity contribution in [1.82, 2.24) is 9.97 Å². The van der Waals surface area contributed by atoms with Crippen LogP contribution in [0.3, 0.4) is 0 Å². The van der Waals surface area contributed by atoms with Gasteiger partial charge < -0.3 is 5.32 Å². The van der Waals surface area contributed by atoms with Crippen molar-refractivity contribution in [1.29, 1.82) is 0 Å². The normalized spacial score (nSPS) is 10.8. The predicted octanol–water partition coefficient (Wildman–Crippen LogP) is 5.20. The zero-order valence-corrected chi connectivity index (χ0v) is 13.0. The molecule has 0 saturated carbocycles. The van der Waals surface area contributed by atoms with Gasteiger partial charge in [0, 0.05) is 6.54 Å². The monoisotopic (exact) mass is 337 g/mol. The first-order valence-electron chi connectivity index (χ1n) is 6.23. The molecule has 0 aliphatic rings. The van der Waals surface area contributed by atoms with Gasteiger partial charge in [-0.3, -0.25) is 0 Å². The van der Waals surface area contributed by atoms with Gasteiger partial charge in [-0.1, -0.05) is 53.0 Å². The van der Waals surface area contributed by atoms with Gasteiger partial charge in [0.2, 0.25) is 0 Å². The molecule has 0 fully saturated rings.